The number of β-lactam (4-membered cyclic amide) rings is 1. The number of nitrogens with zero attached hydrogens (tertiary/aromatic N) is 4. The smallest absolute Gasteiger partial charge is 0.276 e. The Hall–Kier alpha value is -3.71. The highest BCUT2D eigenvalue weighted by Gasteiger charge is 2.50. The Labute approximate surface area is 214 Å². The van der Waals surface area contributed by atoms with Gasteiger partial charge in [0.25, 0.3) is 11.8 Å². The fourth-order valence-electron chi connectivity index (χ4n) is 4.00. The normalized spacial score (nSPS) is 23.1. The van der Waals surface area contributed by atoms with Gasteiger partial charge >= 0.3 is 0 Å². The minimum atomic E-state index is -1.23. The summed E-state index contributed by atoms with van der Waals surface area (Å²) >= 11 is 2.72. The van der Waals surface area contributed by atoms with Gasteiger partial charge in [0.2, 0.25) is 0 Å². The number of nitrogen functional groups attached to an aromatic ring is 1. The summed E-state index contributed by atoms with van der Waals surface area (Å²) < 4.78 is 1.82. The lowest BCUT2D eigenvalue weighted by atomic mass is 10.1. The number of aromatic carboxylic acids is 1. The number of carbonyl (C=O) groups is 3. The highest BCUT2D eigenvalue weighted by Crippen LogP contribution is 2.36. The van der Waals surface area contributed by atoms with Gasteiger partial charge in [-0.2, -0.15) is 0 Å². The number of allylic oxidation sites excluding steroid dienone is 1. The molecule has 11 nitrogen and oxygen atoms in total. The average molecular weight is 527 g/mol. The number of aromatic nitrogens is 2. The van der Waals surface area contributed by atoms with Gasteiger partial charge in [0.1, 0.15) is 23.2 Å². The van der Waals surface area contributed by atoms with Crippen molar-refractivity contribution in [1.29, 1.82) is 0 Å². The minimum absolute atomic E-state index is 0.0250. The summed E-state index contributed by atoms with van der Waals surface area (Å²) in [5, 5.41) is 19.4. The molecule has 1 aliphatic carbocycles. The van der Waals surface area contributed by atoms with Crippen molar-refractivity contribution in [2.45, 2.75) is 36.9 Å². The van der Waals surface area contributed by atoms with E-state index in [-0.39, 0.29) is 28.7 Å². The summed E-state index contributed by atoms with van der Waals surface area (Å²) in [7, 11) is 0. The van der Waals surface area contributed by atoms with Crippen LogP contribution in [0, 0.1) is 0 Å². The van der Waals surface area contributed by atoms with E-state index in [1.807, 2.05) is 16.7 Å². The second-order valence-electron chi connectivity index (χ2n) is 8.39. The van der Waals surface area contributed by atoms with Crippen molar-refractivity contribution in [2.24, 2.45) is 5.16 Å². The van der Waals surface area contributed by atoms with E-state index in [1.165, 1.54) is 35.2 Å². The number of carboxylic acid groups (broad SMARTS) is 1. The van der Waals surface area contributed by atoms with Gasteiger partial charge in [0.15, 0.2) is 29.8 Å². The Morgan fingerprint density at radius 1 is 1.36 bits per heavy atom. The maximum absolute atomic E-state index is 13.1. The van der Waals surface area contributed by atoms with Gasteiger partial charge in [0, 0.05) is 40.6 Å². The highest BCUT2D eigenvalue weighted by atomic mass is 32.2. The second-order valence-corrected chi connectivity index (χ2v) is 10.4. The quantitative estimate of drug-likeness (QED) is 0.158. The van der Waals surface area contributed by atoms with Gasteiger partial charge in [-0.15, -0.1) is 23.1 Å². The van der Waals surface area contributed by atoms with Crippen LogP contribution in [-0.2, 0) is 21.0 Å². The van der Waals surface area contributed by atoms with E-state index in [2.05, 4.69) is 15.5 Å². The maximum atomic E-state index is 13.1. The maximum Gasteiger partial charge on any atom is 0.276 e. The number of carboxylic acids is 1. The summed E-state index contributed by atoms with van der Waals surface area (Å²) in [4.78, 5) is 48.1. The van der Waals surface area contributed by atoms with Crippen LogP contribution < -0.4 is 20.7 Å². The Bertz CT molecular complexity index is 1290. The first kappa shape index (κ1) is 24.0. The summed E-state index contributed by atoms with van der Waals surface area (Å²) in [6, 6.07) is 2.23. The van der Waals surface area contributed by atoms with Crippen LogP contribution >= 0.6 is 23.1 Å². The lowest BCUT2D eigenvalue weighted by molar-refractivity contribution is -0.689. The number of rotatable bonds is 8. The molecular weight excluding hydrogens is 504 g/mol. The van der Waals surface area contributed by atoms with Crippen LogP contribution in [0.15, 0.2) is 59.0 Å². The lowest BCUT2D eigenvalue weighted by Crippen LogP contribution is -2.69. The van der Waals surface area contributed by atoms with Crippen LogP contribution in [0.5, 0.6) is 0 Å². The van der Waals surface area contributed by atoms with Crippen molar-refractivity contribution in [2.75, 3.05) is 11.5 Å². The third-order valence-electron chi connectivity index (χ3n) is 5.87. The zero-order valence-electron chi connectivity index (χ0n) is 18.9. The monoisotopic (exact) mass is 526 g/mol. The Morgan fingerprint density at radius 2 is 2.17 bits per heavy atom. The summed E-state index contributed by atoms with van der Waals surface area (Å²) in [6.45, 7) is 0.503. The predicted molar refractivity (Wildman–Crippen MR) is 130 cm³/mol. The van der Waals surface area contributed by atoms with Crippen molar-refractivity contribution in [3.8, 4) is 0 Å². The van der Waals surface area contributed by atoms with E-state index in [0.717, 1.165) is 18.4 Å². The van der Waals surface area contributed by atoms with Gasteiger partial charge in [0.05, 0.1) is 5.97 Å². The van der Waals surface area contributed by atoms with E-state index >= 15 is 0 Å². The molecule has 0 saturated carbocycles. The third-order valence-corrected chi connectivity index (χ3v) is 7.92. The molecule has 0 radical (unpaired) electrons. The second kappa shape index (κ2) is 10.1. The molecule has 2 aromatic heterocycles. The standard InChI is InChI=1S/C23H22N6O5S2/c24-23-25-16(12-36-23)17(27-34-15-3-1-2-4-15)19(30)26-18-20(31)29-10-13(11-35-21(18)29)9-28-7-5-14(6-8-28)22(32)33/h1,3,5-8,10,12,15,18,21H,2,4,9,11H2,(H3-,24,25,26,30,32,33)/b27-17-/t15?,18?,21-/m1/s1. The molecule has 0 aromatic carbocycles. The van der Waals surface area contributed by atoms with Crippen LogP contribution in [0.1, 0.15) is 28.9 Å². The van der Waals surface area contributed by atoms with Crippen LogP contribution in [0.3, 0.4) is 0 Å². The van der Waals surface area contributed by atoms with Crippen molar-refractivity contribution in [3.63, 3.8) is 0 Å². The largest absolute Gasteiger partial charge is 0.545 e. The molecule has 3 aliphatic rings. The van der Waals surface area contributed by atoms with Crippen LogP contribution in [0.25, 0.3) is 0 Å². The van der Waals surface area contributed by atoms with Gasteiger partial charge in [-0.05, 0) is 18.9 Å². The number of thiazole rings is 1. The highest BCUT2D eigenvalue weighted by molar-refractivity contribution is 8.00. The topological polar surface area (TPSA) is 154 Å². The fourth-order valence-corrected chi connectivity index (χ4v) is 5.80. The molecule has 13 heteroatoms. The summed E-state index contributed by atoms with van der Waals surface area (Å²) in [5.41, 5.74) is 7.09. The van der Waals surface area contributed by atoms with Gasteiger partial charge < -0.3 is 30.7 Å². The minimum Gasteiger partial charge on any atom is -0.545 e. The zero-order chi connectivity index (χ0) is 25.2. The molecule has 2 amide bonds. The Morgan fingerprint density at radius 3 is 2.83 bits per heavy atom. The molecule has 5 rings (SSSR count). The van der Waals surface area contributed by atoms with Gasteiger partial charge in [-0.3, -0.25) is 9.59 Å². The Kier molecular flexibility index (Phi) is 6.74. The zero-order valence-corrected chi connectivity index (χ0v) is 20.5. The number of anilines is 1. The predicted octanol–water partition coefficient (Wildman–Crippen LogP) is -0.200. The van der Waals surface area contributed by atoms with E-state index in [0.29, 0.717) is 23.1 Å². The fraction of sp³-hybridized carbons (Fsp3) is 0.304. The van der Waals surface area contributed by atoms with Crippen LogP contribution in [-0.4, -0.2) is 56.7 Å². The number of carbonyl (C=O) groups excluding carboxylic acids is 3. The van der Waals surface area contributed by atoms with Gasteiger partial charge in [-0.25, -0.2) is 9.55 Å². The van der Waals surface area contributed by atoms with Crippen LogP contribution in [0.4, 0.5) is 5.13 Å². The number of nitrogens with one attached hydrogen (secondary N) is 1. The molecule has 1 fully saturated rings. The van der Waals surface area contributed by atoms with E-state index in [1.54, 1.807) is 28.9 Å². The third kappa shape index (κ3) is 4.97. The number of nitrogens with two attached hydrogens (primary N) is 1. The van der Waals surface area contributed by atoms with Crippen molar-refractivity contribution >= 4 is 51.7 Å². The first-order valence-corrected chi connectivity index (χ1v) is 13.1. The molecule has 2 aliphatic heterocycles. The first-order chi connectivity index (χ1) is 17.4. The lowest BCUT2D eigenvalue weighted by Gasteiger charge is -2.47. The molecule has 2 aromatic rings. The average Bonchev–Trinajstić information content (AvgIpc) is 3.55. The molecule has 36 heavy (non-hydrogen) atoms. The summed E-state index contributed by atoms with van der Waals surface area (Å²) in [5.74, 6) is -1.37. The Balaban J connectivity index is 1.24. The number of hydrogen-bond donors (Lipinski definition) is 2. The summed E-state index contributed by atoms with van der Waals surface area (Å²) in [6.07, 6.45) is 10.4. The van der Waals surface area contributed by atoms with E-state index < -0.39 is 17.9 Å². The number of fused-ring (bicyclic) bond motifs is 1. The van der Waals surface area contributed by atoms with Crippen molar-refractivity contribution in [1.82, 2.24) is 15.2 Å². The number of amides is 2. The van der Waals surface area contributed by atoms with Crippen molar-refractivity contribution < 1.29 is 28.9 Å². The number of thioether (sulfide) groups is 1. The molecule has 3 N–H and O–H groups in total. The molecular formula is C23H22N6O5S2. The number of pyridine rings is 1. The molecule has 3 atom stereocenters. The van der Waals surface area contributed by atoms with E-state index in [4.69, 9.17) is 10.6 Å². The molecule has 0 bridgehead atoms. The SMILES string of the molecule is Nc1nc(/C(=N/OC2C=CCC2)C(=O)NC2C(=O)N3C=C(C[n+]4ccc(C(=O)[O-])cc4)CS[C@H]23)cs1. The number of hydrogen-bond acceptors (Lipinski definition) is 10. The van der Waals surface area contributed by atoms with Gasteiger partial charge in [-0.1, -0.05) is 11.2 Å². The molecule has 2 unspecified atom stereocenters. The molecule has 186 valence electrons. The number of oxime groups is 1. The molecule has 4 heterocycles. The van der Waals surface area contributed by atoms with E-state index in [9.17, 15) is 19.5 Å². The molecule has 0 spiro atoms. The molecule has 1 saturated heterocycles. The first-order valence-electron chi connectivity index (χ1n) is 11.2. The van der Waals surface area contributed by atoms with Crippen molar-refractivity contribution in [3.05, 3.63) is 65.1 Å². The van der Waals surface area contributed by atoms with Crippen LogP contribution in [0.2, 0.25) is 0 Å².